The average Bonchev–Trinajstić information content (AvgIpc) is 2.90. The second kappa shape index (κ2) is 7.04. The summed E-state index contributed by atoms with van der Waals surface area (Å²) in [7, 11) is 5.01. The van der Waals surface area contributed by atoms with Gasteiger partial charge in [0, 0.05) is 25.0 Å². The molecular formula is C16H20N2O5S. The van der Waals surface area contributed by atoms with Crippen molar-refractivity contribution < 1.29 is 19.1 Å². The molecule has 0 saturated heterocycles. The third-order valence-electron chi connectivity index (χ3n) is 3.51. The molecule has 0 spiro atoms. The van der Waals surface area contributed by atoms with Gasteiger partial charge in [-0.15, -0.1) is 11.3 Å². The van der Waals surface area contributed by atoms with Gasteiger partial charge < -0.3 is 19.2 Å². The molecule has 2 rings (SSSR count). The Hall–Kier alpha value is -2.35. The number of carbonyl (C=O) groups is 1. The van der Waals surface area contributed by atoms with Crippen molar-refractivity contribution in [2.75, 3.05) is 26.1 Å². The third kappa shape index (κ3) is 3.59. The highest BCUT2D eigenvalue weighted by Crippen LogP contribution is 2.39. The SMILES string of the molecule is COC(=O)C[C@H](c1oc(C)cc(=O)c1O)c1sc(N(C)C)nc1C. The van der Waals surface area contributed by atoms with Crippen LogP contribution in [-0.4, -0.2) is 37.3 Å². The van der Waals surface area contributed by atoms with Crippen LogP contribution >= 0.6 is 11.3 Å². The first kappa shape index (κ1) is 18.0. The number of thiazole rings is 1. The minimum absolute atomic E-state index is 0.0578. The number of aryl methyl sites for hydroxylation is 2. The smallest absolute Gasteiger partial charge is 0.306 e. The fourth-order valence-electron chi connectivity index (χ4n) is 2.32. The minimum atomic E-state index is -0.642. The van der Waals surface area contributed by atoms with E-state index < -0.39 is 23.1 Å². The quantitative estimate of drug-likeness (QED) is 0.824. The van der Waals surface area contributed by atoms with Crippen molar-refractivity contribution in [2.45, 2.75) is 26.2 Å². The second-order valence-electron chi connectivity index (χ2n) is 5.61. The minimum Gasteiger partial charge on any atom is -0.502 e. The van der Waals surface area contributed by atoms with Crippen molar-refractivity contribution in [1.29, 1.82) is 0 Å². The summed E-state index contributed by atoms with van der Waals surface area (Å²) in [4.78, 5) is 30.8. The monoisotopic (exact) mass is 352 g/mol. The zero-order valence-corrected chi connectivity index (χ0v) is 15.1. The number of esters is 1. The molecule has 2 aromatic heterocycles. The van der Waals surface area contributed by atoms with Gasteiger partial charge in [-0.25, -0.2) is 4.98 Å². The maximum Gasteiger partial charge on any atom is 0.306 e. The first-order valence-corrected chi connectivity index (χ1v) is 8.11. The van der Waals surface area contributed by atoms with Crippen molar-refractivity contribution in [1.82, 2.24) is 4.98 Å². The number of anilines is 1. The second-order valence-corrected chi connectivity index (χ2v) is 6.62. The average molecular weight is 352 g/mol. The maximum atomic E-state index is 11.9. The first-order chi connectivity index (χ1) is 11.2. The van der Waals surface area contributed by atoms with Gasteiger partial charge >= 0.3 is 5.97 Å². The summed E-state index contributed by atoms with van der Waals surface area (Å²) >= 11 is 1.38. The van der Waals surface area contributed by atoms with E-state index in [0.717, 1.165) is 10.0 Å². The summed E-state index contributed by atoms with van der Waals surface area (Å²) < 4.78 is 10.3. The van der Waals surface area contributed by atoms with Gasteiger partial charge in [-0.3, -0.25) is 9.59 Å². The molecule has 7 nitrogen and oxygen atoms in total. The molecule has 0 aliphatic heterocycles. The molecule has 2 heterocycles. The van der Waals surface area contributed by atoms with E-state index in [9.17, 15) is 14.7 Å². The van der Waals surface area contributed by atoms with Gasteiger partial charge in [0.1, 0.15) is 5.76 Å². The fourth-order valence-corrected chi connectivity index (χ4v) is 3.41. The summed E-state index contributed by atoms with van der Waals surface area (Å²) in [5.74, 6) is -1.19. The number of ether oxygens (including phenoxy) is 1. The number of methoxy groups -OCH3 is 1. The Balaban J connectivity index is 2.62. The highest BCUT2D eigenvalue weighted by Gasteiger charge is 2.30. The van der Waals surface area contributed by atoms with Crippen LogP contribution in [0.15, 0.2) is 15.3 Å². The van der Waals surface area contributed by atoms with Gasteiger partial charge in [0.15, 0.2) is 10.9 Å². The van der Waals surface area contributed by atoms with Gasteiger partial charge in [-0.1, -0.05) is 0 Å². The van der Waals surface area contributed by atoms with E-state index in [1.54, 1.807) is 6.92 Å². The van der Waals surface area contributed by atoms with E-state index in [4.69, 9.17) is 9.15 Å². The molecule has 2 aromatic rings. The molecule has 0 unspecified atom stereocenters. The van der Waals surface area contributed by atoms with Crippen LogP contribution in [0.1, 0.15) is 34.4 Å². The molecule has 0 bridgehead atoms. The lowest BCUT2D eigenvalue weighted by Crippen LogP contribution is -2.13. The van der Waals surface area contributed by atoms with E-state index in [0.29, 0.717) is 11.5 Å². The normalized spacial score (nSPS) is 12.0. The van der Waals surface area contributed by atoms with E-state index in [-0.39, 0.29) is 12.2 Å². The predicted molar refractivity (Wildman–Crippen MR) is 91.0 cm³/mol. The highest BCUT2D eigenvalue weighted by molar-refractivity contribution is 7.15. The Kier molecular flexibility index (Phi) is 5.28. The lowest BCUT2D eigenvalue weighted by atomic mass is 9.98. The summed E-state index contributed by atoms with van der Waals surface area (Å²) in [6.07, 6.45) is -0.0631. The molecule has 0 saturated carbocycles. The van der Waals surface area contributed by atoms with Crippen LogP contribution in [-0.2, 0) is 9.53 Å². The Morgan fingerprint density at radius 3 is 2.67 bits per heavy atom. The maximum absolute atomic E-state index is 11.9. The van der Waals surface area contributed by atoms with Crippen LogP contribution in [0.5, 0.6) is 5.75 Å². The van der Waals surface area contributed by atoms with Crippen molar-refractivity contribution >= 4 is 22.4 Å². The molecule has 130 valence electrons. The predicted octanol–water partition coefficient (Wildman–Crippen LogP) is 2.18. The van der Waals surface area contributed by atoms with Crippen LogP contribution in [0.3, 0.4) is 0 Å². The molecule has 0 radical (unpaired) electrons. The van der Waals surface area contributed by atoms with Gasteiger partial charge in [-0.05, 0) is 13.8 Å². The molecule has 0 amide bonds. The highest BCUT2D eigenvalue weighted by atomic mass is 32.1. The molecule has 1 atom stereocenters. The van der Waals surface area contributed by atoms with Gasteiger partial charge in [0.05, 0.1) is 25.1 Å². The Morgan fingerprint density at radius 1 is 1.46 bits per heavy atom. The van der Waals surface area contributed by atoms with Crippen molar-refractivity contribution in [3.8, 4) is 5.75 Å². The molecule has 0 fully saturated rings. The molecule has 0 aromatic carbocycles. The number of aromatic nitrogens is 1. The summed E-state index contributed by atoms with van der Waals surface area (Å²) in [5, 5.41) is 10.9. The number of carbonyl (C=O) groups excluding carboxylic acids is 1. The molecule has 1 N–H and O–H groups in total. The van der Waals surface area contributed by atoms with E-state index in [2.05, 4.69) is 4.98 Å². The Morgan fingerprint density at radius 2 is 2.12 bits per heavy atom. The molecular weight excluding hydrogens is 332 g/mol. The number of nitrogens with zero attached hydrogens (tertiary/aromatic N) is 2. The largest absolute Gasteiger partial charge is 0.502 e. The number of hydrogen-bond donors (Lipinski definition) is 1. The topological polar surface area (TPSA) is 92.9 Å². The molecule has 0 aliphatic carbocycles. The van der Waals surface area contributed by atoms with Gasteiger partial charge in [-0.2, -0.15) is 0 Å². The Bertz CT molecular complexity index is 809. The van der Waals surface area contributed by atoms with E-state index in [1.165, 1.54) is 24.5 Å². The van der Waals surface area contributed by atoms with Crippen molar-refractivity contribution in [3.63, 3.8) is 0 Å². The zero-order valence-electron chi connectivity index (χ0n) is 14.2. The van der Waals surface area contributed by atoms with E-state index >= 15 is 0 Å². The van der Waals surface area contributed by atoms with Crippen LogP contribution in [0.4, 0.5) is 5.13 Å². The van der Waals surface area contributed by atoms with Crippen molar-refractivity contribution in [3.05, 3.63) is 38.4 Å². The zero-order chi connectivity index (χ0) is 18.0. The van der Waals surface area contributed by atoms with E-state index in [1.807, 2.05) is 25.9 Å². The van der Waals surface area contributed by atoms with Crippen LogP contribution in [0.2, 0.25) is 0 Å². The lowest BCUT2D eigenvalue weighted by Gasteiger charge is -2.15. The van der Waals surface area contributed by atoms with Crippen LogP contribution < -0.4 is 10.3 Å². The Labute approximate surface area is 143 Å². The van der Waals surface area contributed by atoms with Crippen molar-refractivity contribution in [2.24, 2.45) is 0 Å². The van der Waals surface area contributed by atoms with Crippen LogP contribution in [0.25, 0.3) is 0 Å². The standard InChI is InChI=1S/C16H20N2O5S/c1-8-6-11(19)13(21)14(23-8)10(7-12(20)22-5)15-9(2)17-16(24-15)18(3)4/h6,10,21H,7H2,1-5H3/t10-/m1/s1. The first-order valence-electron chi connectivity index (χ1n) is 7.29. The summed E-state index contributed by atoms with van der Waals surface area (Å²) in [6.45, 7) is 3.43. The fraction of sp³-hybridized carbons (Fsp3) is 0.438. The molecule has 24 heavy (non-hydrogen) atoms. The molecule has 0 aliphatic rings. The van der Waals surface area contributed by atoms with Crippen LogP contribution in [0, 0.1) is 13.8 Å². The number of rotatable bonds is 5. The number of aromatic hydroxyl groups is 1. The lowest BCUT2D eigenvalue weighted by molar-refractivity contribution is -0.140. The molecule has 8 heteroatoms. The van der Waals surface area contributed by atoms with Gasteiger partial charge in [0.25, 0.3) is 0 Å². The van der Waals surface area contributed by atoms with Gasteiger partial charge in [0.2, 0.25) is 11.2 Å². The summed E-state index contributed by atoms with van der Waals surface area (Å²) in [5.41, 5.74) is 0.166. The number of hydrogen-bond acceptors (Lipinski definition) is 8. The summed E-state index contributed by atoms with van der Waals surface area (Å²) in [6, 6.07) is 1.21. The third-order valence-corrected chi connectivity index (χ3v) is 4.95.